The van der Waals surface area contributed by atoms with Crippen LogP contribution < -0.4 is 0 Å². The normalized spacial score (nSPS) is 19.8. The van der Waals surface area contributed by atoms with E-state index >= 15 is 0 Å². The number of aliphatic hydroxyl groups is 1. The predicted octanol–water partition coefficient (Wildman–Crippen LogP) is 2.85. The highest BCUT2D eigenvalue weighted by atomic mass is 35.5. The number of benzene rings is 1. The fraction of sp³-hybridized carbons (Fsp3) is 0.500. The third-order valence-electron chi connectivity index (χ3n) is 3.50. The molecule has 2 rings (SSSR count). The smallest absolute Gasteiger partial charge is 0.254 e. The Balaban J connectivity index is 2.26. The van der Waals surface area contributed by atoms with Gasteiger partial charge in [-0.2, -0.15) is 0 Å². The molecule has 1 fully saturated rings. The molecule has 1 saturated heterocycles. The maximum absolute atomic E-state index is 13.1. The van der Waals surface area contributed by atoms with E-state index in [-0.39, 0.29) is 17.0 Å². The second-order valence-corrected chi connectivity index (χ2v) is 5.85. The van der Waals surface area contributed by atoms with E-state index in [0.717, 1.165) is 12.8 Å². The number of carbonyl (C=O) groups is 1. The molecule has 0 aromatic heterocycles. The summed E-state index contributed by atoms with van der Waals surface area (Å²) in [6.45, 7) is 3.99. The molecule has 0 bridgehead atoms. The third kappa shape index (κ3) is 2.90. The molecule has 1 unspecified atom stereocenters. The third-order valence-corrected chi connectivity index (χ3v) is 3.79. The number of rotatable bonds is 2. The number of amides is 1. The van der Waals surface area contributed by atoms with Crippen molar-refractivity contribution in [1.82, 2.24) is 4.90 Å². The average Bonchev–Trinajstić information content (AvgIpc) is 2.80. The molecule has 1 amide bonds. The van der Waals surface area contributed by atoms with E-state index in [4.69, 9.17) is 11.6 Å². The maximum atomic E-state index is 13.1. The Hall–Kier alpha value is -1.13. The fourth-order valence-electron chi connectivity index (χ4n) is 2.54. The largest absolute Gasteiger partial charge is 0.388 e. The summed E-state index contributed by atoms with van der Waals surface area (Å²) in [4.78, 5) is 14.0. The predicted molar refractivity (Wildman–Crippen MR) is 71.8 cm³/mol. The molecule has 1 aromatic rings. The Morgan fingerprint density at radius 3 is 2.79 bits per heavy atom. The average molecular weight is 286 g/mol. The molecule has 1 atom stereocenters. The first kappa shape index (κ1) is 14.3. The minimum absolute atomic E-state index is 0.0649. The summed E-state index contributed by atoms with van der Waals surface area (Å²) in [5.41, 5.74) is -0.599. The molecule has 1 aromatic carbocycles. The number of halogens is 2. The van der Waals surface area contributed by atoms with E-state index < -0.39 is 11.4 Å². The second kappa shape index (κ2) is 5.10. The lowest BCUT2D eigenvalue weighted by molar-refractivity contribution is 0.000333. The number of hydrogen-bond donors (Lipinski definition) is 1. The van der Waals surface area contributed by atoms with Crippen LogP contribution >= 0.6 is 11.6 Å². The molecule has 5 heteroatoms. The zero-order valence-electron chi connectivity index (χ0n) is 11.0. The summed E-state index contributed by atoms with van der Waals surface area (Å²) in [5.74, 6) is -0.759. The van der Waals surface area contributed by atoms with E-state index in [1.165, 1.54) is 18.2 Å². The zero-order valence-corrected chi connectivity index (χ0v) is 11.7. The van der Waals surface area contributed by atoms with Crippen molar-refractivity contribution in [2.75, 3.05) is 6.54 Å². The molecule has 1 heterocycles. The van der Waals surface area contributed by atoms with Gasteiger partial charge in [0.2, 0.25) is 0 Å². The summed E-state index contributed by atoms with van der Waals surface area (Å²) in [7, 11) is 0. The molecule has 0 spiro atoms. The van der Waals surface area contributed by atoms with Crippen molar-refractivity contribution < 1.29 is 14.3 Å². The SMILES string of the molecule is CC(C)(O)C1CCCN1C(=O)c1ccc(F)c(Cl)c1. The van der Waals surface area contributed by atoms with Crippen molar-refractivity contribution in [2.45, 2.75) is 38.3 Å². The monoisotopic (exact) mass is 285 g/mol. The van der Waals surface area contributed by atoms with E-state index in [0.29, 0.717) is 12.1 Å². The van der Waals surface area contributed by atoms with Gasteiger partial charge in [-0.05, 0) is 44.9 Å². The summed E-state index contributed by atoms with van der Waals surface area (Å²) >= 11 is 5.70. The van der Waals surface area contributed by atoms with E-state index in [9.17, 15) is 14.3 Å². The van der Waals surface area contributed by atoms with Crippen LogP contribution in [0.25, 0.3) is 0 Å². The van der Waals surface area contributed by atoms with Gasteiger partial charge in [-0.15, -0.1) is 0 Å². The molecule has 1 N–H and O–H groups in total. The lowest BCUT2D eigenvalue weighted by Crippen LogP contribution is -2.48. The molecule has 19 heavy (non-hydrogen) atoms. The van der Waals surface area contributed by atoms with Gasteiger partial charge in [0.1, 0.15) is 5.82 Å². The van der Waals surface area contributed by atoms with E-state index in [2.05, 4.69) is 0 Å². The number of hydrogen-bond acceptors (Lipinski definition) is 2. The van der Waals surface area contributed by atoms with Gasteiger partial charge in [-0.3, -0.25) is 4.79 Å². The van der Waals surface area contributed by atoms with Crippen molar-refractivity contribution in [3.8, 4) is 0 Å². The van der Waals surface area contributed by atoms with Crippen LogP contribution in [0.1, 0.15) is 37.0 Å². The summed E-state index contributed by atoms with van der Waals surface area (Å²) in [6.07, 6.45) is 1.62. The second-order valence-electron chi connectivity index (χ2n) is 5.44. The summed E-state index contributed by atoms with van der Waals surface area (Å²) in [6, 6.07) is 3.72. The van der Waals surface area contributed by atoms with Gasteiger partial charge >= 0.3 is 0 Å². The van der Waals surface area contributed by atoms with Crippen molar-refractivity contribution in [1.29, 1.82) is 0 Å². The van der Waals surface area contributed by atoms with Gasteiger partial charge < -0.3 is 10.0 Å². The number of nitrogens with zero attached hydrogens (tertiary/aromatic N) is 1. The number of carbonyl (C=O) groups excluding carboxylic acids is 1. The maximum Gasteiger partial charge on any atom is 0.254 e. The van der Waals surface area contributed by atoms with Crippen molar-refractivity contribution in [3.63, 3.8) is 0 Å². The van der Waals surface area contributed by atoms with Crippen LogP contribution in [0.4, 0.5) is 4.39 Å². The van der Waals surface area contributed by atoms with Crippen LogP contribution in [0, 0.1) is 5.82 Å². The standard InChI is InChI=1S/C14H17ClFNO2/c1-14(2,19)12-4-3-7-17(12)13(18)9-5-6-11(16)10(15)8-9/h5-6,8,12,19H,3-4,7H2,1-2H3. The molecular formula is C14H17ClFNO2. The lowest BCUT2D eigenvalue weighted by atomic mass is 9.96. The summed E-state index contributed by atoms with van der Waals surface area (Å²) in [5, 5.41) is 10.0. The van der Waals surface area contributed by atoms with Crippen LogP contribution in [-0.2, 0) is 0 Å². The van der Waals surface area contributed by atoms with Gasteiger partial charge in [0.25, 0.3) is 5.91 Å². The Labute approximate surface area is 117 Å². The molecule has 0 radical (unpaired) electrons. The van der Waals surface area contributed by atoms with Gasteiger partial charge in [-0.1, -0.05) is 11.6 Å². The van der Waals surface area contributed by atoms with Crippen molar-refractivity contribution in [3.05, 3.63) is 34.6 Å². The highest BCUT2D eigenvalue weighted by Crippen LogP contribution is 2.28. The first-order valence-corrected chi connectivity index (χ1v) is 6.67. The zero-order chi connectivity index (χ0) is 14.2. The highest BCUT2D eigenvalue weighted by Gasteiger charge is 2.38. The Kier molecular flexibility index (Phi) is 3.83. The van der Waals surface area contributed by atoms with Gasteiger partial charge in [-0.25, -0.2) is 4.39 Å². The molecule has 0 aliphatic carbocycles. The lowest BCUT2D eigenvalue weighted by Gasteiger charge is -2.33. The Morgan fingerprint density at radius 1 is 1.53 bits per heavy atom. The van der Waals surface area contributed by atoms with Crippen LogP contribution in [0.15, 0.2) is 18.2 Å². The quantitative estimate of drug-likeness (QED) is 0.908. The van der Waals surface area contributed by atoms with Crippen molar-refractivity contribution >= 4 is 17.5 Å². The molecule has 0 saturated carbocycles. The van der Waals surface area contributed by atoms with Crippen LogP contribution in [-0.4, -0.2) is 34.1 Å². The van der Waals surface area contributed by atoms with Crippen LogP contribution in [0.3, 0.4) is 0 Å². The molecular weight excluding hydrogens is 269 g/mol. The first-order valence-electron chi connectivity index (χ1n) is 6.29. The van der Waals surface area contributed by atoms with Gasteiger partial charge in [0.05, 0.1) is 16.7 Å². The van der Waals surface area contributed by atoms with E-state index in [1.54, 1.807) is 18.7 Å². The van der Waals surface area contributed by atoms with Crippen LogP contribution in [0.5, 0.6) is 0 Å². The van der Waals surface area contributed by atoms with Crippen LogP contribution in [0.2, 0.25) is 5.02 Å². The molecule has 1 aliphatic heterocycles. The fourth-order valence-corrected chi connectivity index (χ4v) is 2.72. The van der Waals surface area contributed by atoms with E-state index in [1.807, 2.05) is 0 Å². The summed E-state index contributed by atoms with van der Waals surface area (Å²) < 4.78 is 13.1. The highest BCUT2D eigenvalue weighted by molar-refractivity contribution is 6.31. The number of likely N-dealkylation sites (tertiary alicyclic amines) is 1. The Bertz CT molecular complexity index is 499. The minimum Gasteiger partial charge on any atom is -0.388 e. The topological polar surface area (TPSA) is 40.5 Å². The van der Waals surface area contributed by atoms with Gasteiger partial charge in [0.15, 0.2) is 0 Å². The van der Waals surface area contributed by atoms with Crippen molar-refractivity contribution in [2.24, 2.45) is 0 Å². The molecule has 3 nitrogen and oxygen atoms in total. The van der Waals surface area contributed by atoms with Gasteiger partial charge in [0, 0.05) is 12.1 Å². The first-order chi connectivity index (χ1) is 8.80. The minimum atomic E-state index is -0.948. The molecule has 1 aliphatic rings. The Morgan fingerprint density at radius 2 is 2.21 bits per heavy atom. The molecule has 104 valence electrons.